The molecule has 0 amide bonds. The minimum atomic E-state index is -1.25. The fourth-order valence-corrected chi connectivity index (χ4v) is 2.57. The molecule has 6 heteroatoms. The van der Waals surface area contributed by atoms with E-state index in [2.05, 4.69) is 16.4 Å². The van der Waals surface area contributed by atoms with Crippen LogP contribution in [0.4, 0.5) is 5.69 Å². The average Bonchev–Trinajstić information content (AvgIpc) is 3.37. The van der Waals surface area contributed by atoms with E-state index in [1.165, 1.54) is 24.6 Å². The summed E-state index contributed by atoms with van der Waals surface area (Å²) in [5.74, 6) is -1.84. The van der Waals surface area contributed by atoms with E-state index in [0.717, 1.165) is 11.6 Å². The number of nitrogens with one attached hydrogen (secondary N) is 1. The monoisotopic (exact) mass is 312 g/mol. The standard InChI is InChI=1S/C17H16N2O4/c20-16(21)13-7-14(17(22)23)19-9-15(13)18-8-11-3-1-2-4-12(11)10-5-6-10/h1-4,7,9-10,18H,5-6,8H2,(H,20,21)(H,22,23). The molecule has 0 atom stereocenters. The van der Waals surface area contributed by atoms with Crippen LogP contribution in [-0.2, 0) is 6.54 Å². The Hall–Kier alpha value is -2.89. The zero-order valence-electron chi connectivity index (χ0n) is 12.3. The molecule has 1 fully saturated rings. The number of nitrogens with zero attached hydrogens (tertiary/aromatic N) is 1. The molecule has 3 N–H and O–H groups in total. The summed E-state index contributed by atoms with van der Waals surface area (Å²) < 4.78 is 0. The van der Waals surface area contributed by atoms with Gasteiger partial charge in [0, 0.05) is 6.54 Å². The second-order valence-corrected chi connectivity index (χ2v) is 5.55. The van der Waals surface area contributed by atoms with Crippen LogP contribution in [0, 0.1) is 0 Å². The second-order valence-electron chi connectivity index (χ2n) is 5.55. The lowest BCUT2D eigenvalue weighted by Gasteiger charge is -2.12. The minimum absolute atomic E-state index is 0.0960. The molecule has 0 saturated heterocycles. The normalized spacial score (nSPS) is 13.6. The van der Waals surface area contributed by atoms with Gasteiger partial charge in [-0.05, 0) is 36.0 Å². The molecule has 1 aliphatic carbocycles. The highest BCUT2D eigenvalue weighted by atomic mass is 16.4. The van der Waals surface area contributed by atoms with Gasteiger partial charge in [-0.25, -0.2) is 14.6 Å². The Bertz CT molecular complexity index is 769. The van der Waals surface area contributed by atoms with Gasteiger partial charge in [-0.2, -0.15) is 0 Å². The predicted molar refractivity (Wildman–Crippen MR) is 83.9 cm³/mol. The largest absolute Gasteiger partial charge is 0.478 e. The molecule has 1 saturated carbocycles. The molecule has 3 rings (SSSR count). The van der Waals surface area contributed by atoms with Crippen molar-refractivity contribution >= 4 is 17.6 Å². The fraction of sp³-hybridized carbons (Fsp3) is 0.235. The maximum atomic E-state index is 11.3. The third kappa shape index (κ3) is 3.31. The summed E-state index contributed by atoms with van der Waals surface area (Å²) in [6, 6.07) is 9.13. The minimum Gasteiger partial charge on any atom is -0.478 e. The van der Waals surface area contributed by atoms with Gasteiger partial charge in [0.2, 0.25) is 0 Å². The van der Waals surface area contributed by atoms with Crippen LogP contribution in [0.25, 0.3) is 0 Å². The Morgan fingerprint density at radius 3 is 2.57 bits per heavy atom. The van der Waals surface area contributed by atoms with E-state index in [9.17, 15) is 14.7 Å². The van der Waals surface area contributed by atoms with Crippen molar-refractivity contribution < 1.29 is 19.8 Å². The van der Waals surface area contributed by atoms with Crippen molar-refractivity contribution in [2.75, 3.05) is 5.32 Å². The van der Waals surface area contributed by atoms with Crippen LogP contribution < -0.4 is 5.32 Å². The van der Waals surface area contributed by atoms with Gasteiger partial charge in [-0.15, -0.1) is 0 Å². The Labute approximate surface area is 132 Å². The van der Waals surface area contributed by atoms with Crippen LogP contribution in [0.1, 0.15) is 50.7 Å². The molecule has 0 radical (unpaired) electrons. The van der Waals surface area contributed by atoms with Crippen LogP contribution >= 0.6 is 0 Å². The first-order chi connectivity index (χ1) is 11.1. The topological polar surface area (TPSA) is 99.5 Å². The van der Waals surface area contributed by atoms with Crippen molar-refractivity contribution in [3.8, 4) is 0 Å². The maximum Gasteiger partial charge on any atom is 0.354 e. The number of aromatic nitrogens is 1. The molecule has 0 spiro atoms. The molecule has 1 aromatic heterocycles. The van der Waals surface area contributed by atoms with E-state index in [-0.39, 0.29) is 11.3 Å². The lowest BCUT2D eigenvalue weighted by atomic mass is 10.0. The fourth-order valence-electron chi connectivity index (χ4n) is 2.57. The van der Waals surface area contributed by atoms with Crippen molar-refractivity contribution in [1.29, 1.82) is 0 Å². The van der Waals surface area contributed by atoms with Gasteiger partial charge in [0.1, 0.15) is 5.69 Å². The number of rotatable bonds is 6. The van der Waals surface area contributed by atoms with Crippen molar-refractivity contribution in [3.05, 3.63) is 58.9 Å². The second kappa shape index (κ2) is 6.08. The van der Waals surface area contributed by atoms with Gasteiger partial charge in [0.25, 0.3) is 0 Å². The number of benzene rings is 1. The first kappa shape index (κ1) is 15.0. The van der Waals surface area contributed by atoms with Gasteiger partial charge in [0.15, 0.2) is 0 Å². The van der Waals surface area contributed by atoms with Crippen LogP contribution in [0.3, 0.4) is 0 Å². The molecule has 1 aliphatic rings. The number of hydrogen-bond acceptors (Lipinski definition) is 4. The number of aromatic carboxylic acids is 2. The highest BCUT2D eigenvalue weighted by Gasteiger charge is 2.25. The van der Waals surface area contributed by atoms with E-state index in [0.29, 0.717) is 18.2 Å². The molecule has 1 heterocycles. The predicted octanol–water partition coefficient (Wildman–Crippen LogP) is 2.97. The van der Waals surface area contributed by atoms with E-state index >= 15 is 0 Å². The molecule has 0 unspecified atom stereocenters. The molecular weight excluding hydrogens is 296 g/mol. The molecular formula is C17H16N2O4. The number of anilines is 1. The Morgan fingerprint density at radius 2 is 1.91 bits per heavy atom. The first-order valence-electron chi connectivity index (χ1n) is 7.34. The summed E-state index contributed by atoms with van der Waals surface area (Å²) in [4.78, 5) is 26.0. The Morgan fingerprint density at radius 1 is 1.17 bits per heavy atom. The molecule has 118 valence electrons. The SMILES string of the molecule is O=C(O)c1cc(C(=O)O)c(NCc2ccccc2C2CC2)cn1. The number of hydrogen-bond donors (Lipinski definition) is 3. The Balaban J connectivity index is 1.83. The molecule has 6 nitrogen and oxygen atoms in total. The molecule has 0 bridgehead atoms. The summed E-state index contributed by atoms with van der Waals surface area (Å²) in [5, 5.41) is 21.2. The maximum absolute atomic E-state index is 11.3. The van der Waals surface area contributed by atoms with Crippen molar-refractivity contribution in [1.82, 2.24) is 4.98 Å². The molecule has 0 aliphatic heterocycles. The number of carbonyl (C=O) groups is 2. The van der Waals surface area contributed by atoms with Gasteiger partial charge in [0.05, 0.1) is 17.4 Å². The molecule has 1 aromatic carbocycles. The Kier molecular flexibility index (Phi) is 3.97. The lowest BCUT2D eigenvalue weighted by molar-refractivity contribution is 0.0690. The molecule has 23 heavy (non-hydrogen) atoms. The summed E-state index contributed by atoms with van der Waals surface area (Å²) >= 11 is 0. The zero-order chi connectivity index (χ0) is 16.4. The van der Waals surface area contributed by atoms with E-state index in [1.54, 1.807) is 0 Å². The van der Waals surface area contributed by atoms with Gasteiger partial charge >= 0.3 is 11.9 Å². The highest BCUT2D eigenvalue weighted by molar-refractivity contribution is 5.97. The van der Waals surface area contributed by atoms with Crippen LogP contribution in [0.2, 0.25) is 0 Å². The van der Waals surface area contributed by atoms with Gasteiger partial charge < -0.3 is 15.5 Å². The van der Waals surface area contributed by atoms with Crippen LogP contribution in [-0.4, -0.2) is 27.1 Å². The van der Waals surface area contributed by atoms with Crippen LogP contribution in [0.15, 0.2) is 36.5 Å². The average molecular weight is 312 g/mol. The smallest absolute Gasteiger partial charge is 0.354 e. The third-order valence-corrected chi connectivity index (χ3v) is 3.90. The van der Waals surface area contributed by atoms with Crippen LogP contribution in [0.5, 0.6) is 0 Å². The number of pyridine rings is 1. The highest BCUT2D eigenvalue weighted by Crippen LogP contribution is 2.41. The number of carboxylic acids is 2. The summed E-state index contributed by atoms with van der Waals surface area (Å²) in [6.45, 7) is 0.473. The van der Waals surface area contributed by atoms with Gasteiger partial charge in [-0.3, -0.25) is 0 Å². The zero-order valence-corrected chi connectivity index (χ0v) is 12.3. The summed E-state index contributed by atoms with van der Waals surface area (Å²) in [5.41, 5.74) is 2.33. The van der Waals surface area contributed by atoms with Crippen molar-refractivity contribution in [2.45, 2.75) is 25.3 Å². The van der Waals surface area contributed by atoms with E-state index in [1.807, 2.05) is 18.2 Å². The van der Waals surface area contributed by atoms with E-state index in [4.69, 9.17) is 5.11 Å². The number of carboxylic acid groups (broad SMARTS) is 2. The van der Waals surface area contributed by atoms with Crippen molar-refractivity contribution in [3.63, 3.8) is 0 Å². The molecule has 2 aromatic rings. The van der Waals surface area contributed by atoms with Crippen molar-refractivity contribution in [2.24, 2.45) is 0 Å². The first-order valence-corrected chi connectivity index (χ1v) is 7.34. The summed E-state index contributed by atoms with van der Waals surface area (Å²) in [6.07, 6.45) is 3.63. The summed E-state index contributed by atoms with van der Waals surface area (Å²) in [7, 11) is 0. The lowest BCUT2D eigenvalue weighted by Crippen LogP contribution is -2.11. The quantitative estimate of drug-likeness (QED) is 0.758. The van der Waals surface area contributed by atoms with E-state index < -0.39 is 11.9 Å². The third-order valence-electron chi connectivity index (χ3n) is 3.90. The van der Waals surface area contributed by atoms with Gasteiger partial charge in [-0.1, -0.05) is 24.3 Å².